The van der Waals surface area contributed by atoms with Crippen LogP contribution in [-0.4, -0.2) is 36.1 Å². The Bertz CT molecular complexity index is 998. The molecule has 0 spiro atoms. The van der Waals surface area contributed by atoms with E-state index >= 15 is 0 Å². The molecule has 3 rings (SSSR count). The van der Waals surface area contributed by atoms with Crippen molar-refractivity contribution in [2.24, 2.45) is 0 Å². The van der Waals surface area contributed by atoms with E-state index in [9.17, 15) is 9.59 Å². The zero-order valence-corrected chi connectivity index (χ0v) is 19.4. The second-order valence-electron chi connectivity index (χ2n) is 6.99. The molecule has 0 saturated carbocycles. The number of benzene rings is 2. The summed E-state index contributed by atoms with van der Waals surface area (Å²) in [6.45, 7) is 2.66. The fraction of sp³-hybridized carbons (Fsp3) is 0.292. The number of rotatable bonds is 11. The van der Waals surface area contributed by atoms with Gasteiger partial charge in [0.2, 0.25) is 5.91 Å². The van der Waals surface area contributed by atoms with Gasteiger partial charge in [-0.15, -0.1) is 11.3 Å². The van der Waals surface area contributed by atoms with Gasteiger partial charge in [0.25, 0.3) is 0 Å². The number of methoxy groups -OCH3 is 1. The first kappa shape index (κ1) is 23.0. The molecule has 0 aliphatic carbocycles. The Balaban J connectivity index is 1.40. The van der Waals surface area contributed by atoms with Crippen molar-refractivity contribution in [3.8, 4) is 5.75 Å². The molecule has 1 heterocycles. The van der Waals surface area contributed by atoms with Crippen molar-refractivity contribution in [2.75, 3.05) is 19.4 Å². The third-order valence-electron chi connectivity index (χ3n) is 4.78. The first-order chi connectivity index (χ1) is 15.1. The van der Waals surface area contributed by atoms with Crippen molar-refractivity contribution in [3.63, 3.8) is 0 Å². The van der Waals surface area contributed by atoms with Crippen LogP contribution >= 0.6 is 23.1 Å². The molecule has 1 aromatic heterocycles. The largest absolute Gasteiger partial charge is 0.497 e. The number of Topliss-reactive ketones (excluding diaryl/α,β-unsaturated/α-hetero) is 1. The second kappa shape index (κ2) is 11.7. The molecular formula is C24H26N2O3S2. The Morgan fingerprint density at radius 2 is 1.77 bits per heavy atom. The van der Waals surface area contributed by atoms with Gasteiger partial charge in [-0.05, 0) is 36.1 Å². The van der Waals surface area contributed by atoms with Gasteiger partial charge in [0.05, 0.1) is 25.0 Å². The summed E-state index contributed by atoms with van der Waals surface area (Å²) in [7, 11) is 1.64. The molecule has 2 aromatic carbocycles. The van der Waals surface area contributed by atoms with Gasteiger partial charge in [-0.1, -0.05) is 55.1 Å². The van der Waals surface area contributed by atoms with Crippen LogP contribution in [0.1, 0.15) is 34.1 Å². The highest BCUT2D eigenvalue weighted by Gasteiger charge is 2.11. The predicted molar refractivity (Wildman–Crippen MR) is 126 cm³/mol. The minimum atomic E-state index is -0.0533. The molecule has 1 N–H and O–H groups in total. The van der Waals surface area contributed by atoms with Gasteiger partial charge in [0.1, 0.15) is 5.75 Å². The molecular weight excluding hydrogens is 428 g/mol. The number of ether oxygens (including phenoxy) is 1. The van der Waals surface area contributed by atoms with E-state index in [0.29, 0.717) is 12.3 Å². The van der Waals surface area contributed by atoms with Crippen LogP contribution in [0.4, 0.5) is 0 Å². The van der Waals surface area contributed by atoms with E-state index in [1.807, 2.05) is 53.9 Å². The van der Waals surface area contributed by atoms with E-state index < -0.39 is 0 Å². The van der Waals surface area contributed by atoms with E-state index in [1.54, 1.807) is 7.11 Å². The van der Waals surface area contributed by atoms with Crippen molar-refractivity contribution < 1.29 is 14.3 Å². The molecule has 0 atom stereocenters. The first-order valence-corrected chi connectivity index (χ1v) is 12.0. The average molecular weight is 455 g/mol. The zero-order valence-electron chi connectivity index (χ0n) is 17.7. The molecule has 1 amide bonds. The number of nitrogens with one attached hydrogen (secondary N) is 1. The third-order valence-corrected chi connectivity index (χ3v) is 6.85. The highest BCUT2D eigenvalue weighted by molar-refractivity contribution is 8.01. The summed E-state index contributed by atoms with van der Waals surface area (Å²) in [6, 6.07) is 15.6. The topological polar surface area (TPSA) is 68.3 Å². The highest BCUT2D eigenvalue weighted by atomic mass is 32.2. The van der Waals surface area contributed by atoms with Crippen LogP contribution in [0.15, 0.2) is 58.3 Å². The number of hydrogen-bond donors (Lipinski definition) is 1. The van der Waals surface area contributed by atoms with Crippen LogP contribution in [-0.2, 0) is 24.1 Å². The molecule has 0 radical (unpaired) electrons. The second-order valence-corrected chi connectivity index (χ2v) is 9.07. The summed E-state index contributed by atoms with van der Waals surface area (Å²) in [6.07, 6.45) is 1.96. The molecule has 162 valence electrons. The number of ketones is 1. The monoisotopic (exact) mass is 454 g/mol. The molecule has 0 aliphatic heterocycles. The lowest BCUT2D eigenvalue weighted by Gasteiger charge is -2.05. The van der Waals surface area contributed by atoms with Crippen molar-refractivity contribution in [3.05, 3.63) is 76.3 Å². The summed E-state index contributed by atoms with van der Waals surface area (Å²) in [5, 5.41) is 4.81. The quantitative estimate of drug-likeness (QED) is 0.339. The van der Waals surface area contributed by atoms with Gasteiger partial charge in [-0.25, -0.2) is 4.98 Å². The summed E-state index contributed by atoms with van der Waals surface area (Å²) < 4.78 is 5.95. The van der Waals surface area contributed by atoms with E-state index in [1.165, 1.54) is 28.7 Å². The molecule has 7 heteroatoms. The number of thiazole rings is 1. The minimum absolute atomic E-state index is 0.0533. The van der Waals surface area contributed by atoms with E-state index in [0.717, 1.165) is 39.8 Å². The van der Waals surface area contributed by atoms with Gasteiger partial charge >= 0.3 is 0 Å². The fourth-order valence-electron chi connectivity index (χ4n) is 2.94. The van der Waals surface area contributed by atoms with Gasteiger partial charge < -0.3 is 10.1 Å². The van der Waals surface area contributed by atoms with Gasteiger partial charge in [0.15, 0.2) is 10.1 Å². The number of hydrogen-bond acceptors (Lipinski definition) is 6. The number of nitrogens with zero attached hydrogens (tertiary/aromatic N) is 1. The maximum atomic E-state index is 12.4. The number of aryl methyl sites for hydroxylation is 1. The standard InChI is InChI=1S/C24H26N2O3S2/c1-3-17-4-8-19(9-5-17)22(27)16-31-24-26-20(15-30-24)14-23(28)25-13-12-18-6-10-21(29-2)11-7-18/h4-11,15H,3,12-14,16H2,1-2H3,(H,25,28). The number of carbonyl (C=O) groups excluding carboxylic acids is 2. The molecule has 0 saturated heterocycles. The van der Waals surface area contributed by atoms with Crippen LogP contribution in [0.3, 0.4) is 0 Å². The summed E-state index contributed by atoms with van der Waals surface area (Å²) >= 11 is 2.88. The number of amides is 1. The molecule has 3 aromatic rings. The van der Waals surface area contributed by atoms with Crippen LogP contribution in [0.5, 0.6) is 5.75 Å². The van der Waals surface area contributed by atoms with Crippen molar-refractivity contribution in [1.82, 2.24) is 10.3 Å². The smallest absolute Gasteiger partial charge is 0.226 e. The fourth-order valence-corrected chi connectivity index (χ4v) is 4.68. The highest BCUT2D eigenvalue weighted by Crippen LogP contribution is 2.24. The SMILES string of the molecule is CCc1ccc(C(=O)CSc2nc(CC(=O)NCCc3ccc(OC)cc3)cs2)cc1. The maximum Gasteiger partial charge on any atom is 0.226 e. The third kappa shape index (κ3) is 7.22. The first-order valence-electron chi connectivity index (χ1n) is 10.2. The molecule has 0 bridgehead atoms. The average Bonchev–Trinajstić information content (AvgIpc) is 3.25. The molecule has 31 heavy (non-hydrogen) atoms. The van der Waals surface area contributed by atoms with E-state index in [-0.39, 0.29) is 18.1 Å². The van der Waals surface area contributed by atoms with Crippen LogP contribution < -0.4 is 10.1 Å². The van der Waals surface area contributed by atoms with E-state index in [2.05, 4.69) is 17.2 Å². The van der Waals surface area contributed by atoms with Gasteiger partial charge in [-0.3, -0.25) is 9.59 Å². The van der Waals surface area contributed by atoms with E-state index in [4.69, 9.17) is 4.74 Å². The Labute approximate surface area is 191 Å². The summed E-state index contributed by atoms with van der Waals surface area (Å²) in [5.41, 5.74) is 3.81. The van der Waals surface area contributed by atoms with Crippen molar-refractivity contribution in [1.29, 1.82) is 0 Å². The van der Waals surface area contributed by atoms with Crippen molar-refractivity contribution >= 4 is 34.8 Å². The Morgan fingerprint density at radius 3 is 2.45 bits per heavy atom. The normalized spacial score (nSPS) is 10.6. The summed E-state index contributed by atoms with van der Waals surface area (Å²) in [5.74, 6) is 1.19. The van der Waals surface area contributed by atoms with Crippen LogP contribution in [0, 0.1) is 0 Å². The van der Waals surface area contributed by atoms with Gasteiger partial charge in [-0.2, -0.15) is 0 Å². The lowest BCUT2D eigenvalue weighted by Crippen LogP contribution is -2.27. The molecule has 0 unspecified atom stereocenters. The Kier molecular flexibility index (Phi) is 8.67. The molecule has 5 nitrogen and oxygen atoms in total. The molecule has 0 aliphatic rings. The van der Waals surface area contributed by atoms with Crippen LogP contribution in [0.25, 0.3) is 0 Å². The molecule has 0 fully saturated rings. The number of thioether (sulfide) groups is 1. The van der Waals surface area contributed by atoms with Gasteiger partial charge in [0, 0.05) is 17.5 Å². The Hall–Kier alpha value is -2.64. The maximum absolute atomic E-state index is 12.4. The Morgan fingerprint density at radius 1 is 1.06 bits per heavy atom. The number of aromatic nitrogens is 1. The lowest BCUT2D eigenvalue weighted by molar-refractivity contribution is -0.120. The summed E-state index contributed by atoms with van der Waals surface area (Å²) in [4.78, 5) is 29.0. The zero-order chi connectivity index (χ0) is 22.1. The number of carbonyl (C=O) groups is 2. The van der Waals surface area contributed by atoms with Crippen molar-refractivity contribution in [2.45, 2.75) is 30.5 Å². The predicted octanol–water partition coefficient (Wildman–Crippen LogP) is 4.59. The minimum Gasteiger partial charge on any atom is -0.497 e. The van der Waals surface area contributed by atoms with Crippen LogP contribution in [0.2, 0.25) is 0 Å². The lowest BCUT2D eigenvalue weighted by atomic mass is 10.1.